The average molecular weight is 300 g/mol. The molecule has 5 heteroatoms. The molecule has 0 fully saturated rings. The Bertz CT molecular complexity index is 823. The smallest absolute Gasteiger partial charge is 0.216 e. The number of aromatic nitrogens is 3. The predicted octanol–water partition coefficient (Wildman–Crippen LogP) is 3.74. The Balaban J connectivity index is 2.26. The molecule has 0 amide bonds. The first-order valence-electron chi connectivity index (χ1n) is 6.72. The van der Waals surface area contributed by atoms with Gasteiger partial charge in [0.15, 0.2) is 0 Å². The Morgan fingerprint density at radius 2 is 2.05 bits per heavy atom. The minimum absolute atomic E-state index is 0.131. The van der Waals surface area contributed by atoms with Crippen molar-refractivity contribution in [3.05, 3.63) is 64.7 Å². The van der Waals surface area contributed by atoms with Gasteiger partial charge in [-0.2, -0.15) is 5.10 Å². The standard InChI is InChI=1S/C16H14ClN3O/c1-10(2)14-13(12-7-3-4-9-20(12)19-14)16(21)15-11(17)6-5-8-18-15/h3-10H,1-2H3. The molecular formula is C16H14ClN3O. The molecule has 3 aromatic rings. The van der Waals surface area contributed by atoms with Gasteiger partial charge in [-0.15, -0.1) is 0 Å². The van der Waals surface area contributed by atoms with Gasteiger partial charge in [-0.1, -0.05) is 31.5 Å². The van der Waals surface area contributed by atoms with Gasteiger partial charge in [-0.25, -0.2) is 4.52 Å². The van der Waals surface area contributed by atoms with Gasteiger partial charge in [-0.3, -0.25) is 9.78 Å². The van der Waals surface area contributed by atoms with E-state index in [0.29, 0.717) is 10.6 Å². The maximum atomic E-state index is 12.9. The van der Waals surface area contributed by atoms with E-state index >= 15 is 0 Å². The summed E-state index contributed by atoms with van der Waals surface area (Å²) in [7, 11) is 0. The van der Waals surface area contributed by atoms with Crippen LogP contribution in [0.3, 0.4) is 0 Å². The van der Waals surface area contributed by atoms with Gasteiger partial charge in [0.25, 0.3) is 0 Å². The van der Waals surface area contributed by atoms with Gasteiger partial charge in [0.2, 0.25) is 5.78 Å². The fourth-order valence-electron chi connectivity index (χ4n) is 2.32. The van der Waals surface area contributed by atoms with E-state index in [1.807, 2.05) is 38.2 Å². The fourth-order valence-corrected chi connectivity index (χ4v) is 2.53. The zero-order valence-electron chi connectivity index (χ0n) is 11.7. The number of hydrogen-bond acceptors (Lipinski definition) is 3. The first-order chi connectivity index (χ1) is 10.1. The van der Waals surface area contributed by atoms with Crippen molar-refractivity contribution in [1.82, 2.24) is 14.6 Å². The average Bonchev–Trinajstić information content (AvgIpc) is 2.86. The maximum absolute atomic E-state index is 12.9. The second-order valence-electron chi connectivity index (χ2n) is 5.11. The SMILES string of the molecule is CC(C)c1nn2ccccc2c1C(=O)c1ncccc1Cl. The largest absolute Gasteiger partial charge is 0.287 e. The molecule has 3 rings (SSSR count). The van der Waals surface area contributed by atoms with Crippen LogP contribution in [0, 0.1) is 0 Å². The van der Waals surface area contributed by atoms with E-state index in [-0.39, 0.29) is 17.4 Å². The van der Waals surface area contributed by atoms with Crippen LogP contribution < -0.4 is 0 Å². The van der Waals surface area contributed by atoms with E-state index in [9.17, 15) is 4.79 Å². The van der Waals surface area contributed by atoms with Crippen LogP contribution >= 0.6 is 11.6 Å². The highest BCUT2D eigenvalue weighted by molar-refractivity contribution is 6.35. The van der Waals surface area contributed by atoms with Crippen LogP contribution in [0.1, 0.15) is 41.5 Å². The van der Waals surface area contributed by atoms with Crippen LogP contribution in [-0.2, 0) is 0 Å². The molecule has 21 heavy (non-hydrogen) atoms. The lowest BCUT2D eigenvalue weighted by Gasteiger charge is -2.05. The van der Waals surface area contributed by atoms with Crippen LogP contribution in [0.15, 0.2) is 42.7 Å². The van der Waals surface area contributed by atoms with Gasteiger partial charge in [-0.05, 0) is 30.2 Å². The third-order valence-corrected chi connectivity index (χ3v) is 3.62. The van der Waals surface area contributed by atoms with Gasteiger partial charge in [0.1, 0.15) is 5.69 Å². The normalized spacial score (nSPS) is 11.2. The molecule has 4 nitrogen and oxygen atoms in total. The first-order valence-corrected chi connectivity index (χ1v) is 7.10. The minimum Gasteiger partial charge on any atom is -0.287 e. The molecule has 0 atom stereocenters. The number of hydrogen-bond donors (Lipinski definition) is 0. The van der Waals surface area contributed by atoms with Crippen molar-refractivity contribution in [2.45, 2.75) is 19.8 Å². The number of fused-ring (bicyclic) bond motifs is 1. The highest BCUT2D eigenvalue weighted by atomic mass is 35.5. The molecule has 0 bridgehead atoms. The van der Waals surface area contributed by atoms with E-state index < -0.39 is 0 Å². The van der Waals surface area contributed by atoms with E-state index in [0.717, 1.165) is 11.2 Å². The van der Waals surface area contributed by atoms with Gasteiger partial charge in [0, 0.05) is 12.4 Å². The van der Waals surface area contributed by atoms with Crippen LogP contribution in [0.4, 0.5) is 0 Å². The zero-order chi connectivity index (χ0) is 15.0. The summed E-state index contributed by atoms with van der Waals surface area (Å²) in [4.78, 5) is 17.0. The number of carbonyl (C=O) groups excluding carboxylic acids is 1. The molecule has 0 aliphatic rings. The molecule has 0 N–H and O–H groups in total. The lowest BCUT2D eigenvalue weighted by molar-refractivity contribution is 0.103. The maximum Gasteiger partial charge on any atom is 0.216 e. The molecule has 0 aliphatic carbocycles. The van der Waals surface area contributed by atoms with Crippen LogP contribution in [0.2, 0.25) is 5.02 Å². The topological polar surface area (TPSA) is 47.3 Å². The second-order valence-corrected chi connectivity index (χ2v) is 5.52. The number of pyridine rings is 2. The van der Waals surface area contributed by atoms with E-state index in [4.69, 9.17) is 11.6 Å². The summed E-state index contributed by atoms with van der Waals surface area (Å²) in [5.41, 5.74) is 2.37. The zero-order valence-corrected chi connectivity index (χ0v) is 12.5. The quantitative estimate of drug-likeness (QED) is 0.692. The summed E-state index contributed by atoms with van der Waals surface area (Å²) in [5, 5.41) is 4.87. The Morgan fingerprint density at radius 3 is 2.76 bits per heavy atom. The van der Waals surface area contributed by atoms with E-state index in [1.54, 1.807) is 22.8 Å². The molecule has 0 radical (unpaired) electrons. The predicted molar refractivity (Wildman–Crippen MR) is 82.0 cm³/mol. The van der Waals surface area contributed by atoms with E-state index in [2.05, 4.69) is 10.1 Å². The second kappa shape index (κ2) is 5.30. The number of ketones is 1. The van der Waals surface area contributed by atoms with E-state index in [1.165, 1.54) is 0 Å². The summed E-state index contributed by atoms with van der Waals surface area (Å²) >= 11 is 6.11. The fraction of sp³-hybridized carbons (Fsp3) is 0.188. The highest BCUT2D eigenvalue weighted by Crippen LogP contribution is 2.26. The van der Waals surface area contributed by atoms with Gasteiger partial charge >= 0.3 is 0 Å². The van der Waals surface area contributed by atoms with Gasteiger partial charge in [0.05, 0.1) is 21.8 Å². The Morgan fingerprint density at radius 1 is 1.24 bits per heavy atom. The van der Waals surface area contributed by atoms with Crippen molar-refractivity contribution < 1.29 is 4.79 Å². The minimum atomic E-state index is -0.189. The third kappa shape index (κ3) is 2.32. The summed E-state index contributed by atoms with van der Waals surface area (Å²) < 4.78 is 1.72. The molecule has 0 aliphatic heterocycles. The number of halogens is 1. The number of nitrogens with zero attached hydrogens (tertiary/aromatic N) is 3. The summed E-state index contributed by atoms with van der Waals surface area (Å²) in [5.74, 6) is -0.0585. The molecule has 3 aromatic heterocycles. The van der Waals surface area contributed by atoms with Crippen LogP contribution in [0.5, 0.6) is 0 Å². The monoisotopic (exact) mass is 299 g/mol. The van der Waals surface area contributed by atoms with Crippen LogP contribution in [-0.4, -0.2) is 20.4 Å². The summed E-state index contributed by atoms with van der Waals surface area (Å²) in [6.45, 7) is 4.02. The first kappa shape index (κ1) is 13.8. The van der Waals surface area contributed by atoms with Gasteiger partial charge < -0.3 is 0 Å². The summed E-state index contributed by atoms with van der Waals surface area (Å²) in [6.07, 6.45) is 3.40. The Labute approximate surface area is 127 Å². The lowest BCUT2D eigenvalue weighted by atomic mass is 9.99. The van der Waals surface area contributed by atoms with Crippen molar-refractivity contribution in [3.63, 3.8) is 0 Å². The van der Waals surface area contributed by atoms with Crippen molar-refractivity contribution in [1.29, 1.82) is 0 Å². The number of carbonyl (C=O) groups is 1. The van der Waals surface area contributed by atoms with Crippen molar-refractivity contribution >= 4 is 22.9 Å². The van der Waals surface area contributed by atoms with Crippen LogP contribution in [0.25, 0.3) is 5.52 Å². The van der Waals surface area contributed by atoms with Crippen molar-refractivity contribution in [2.75, 3.05) is 0 Å². The molecular weight excluding hydrogens is 286 g/mol. The molecule has 0 aromatic carbocycles. The molecule has 0 spiro atoms. The van der Waals surface area contributed by atoms with Crippen molar-refractivity contribution in [2.24, 2.45) is 0 Å². The molecule has 106 valence electrons. The molecule has 0 saturated carbocycles. The number of rotatable bonds is 3. The van der Waals surface area contributed by atoms with Crippen molar-refractivity contribution in [3.8, 4) is 0 Å². The Hall–Kier alpha value is -2.20. The summed E-state index contributed by atoms with van der Waals surface area (Å²) in [6, 6.07) is 9.02. The molecule has 0 unspecified atom stereocenters. The molecule has 0 saturated heterocycles. The third-order valence-electron chi connectivity index (χ3n) is 3.31. The Kier molecular flexibility index (Phi) is 3.47. The highest BCUT2D eigenvalue weighted by Gasteiger charge is 2.24. The lowest BCUT2D eigenvalue weighted by Crippen LogP contribution is -2.08. The molecule has 3 heterocycles.